The molecule has 0 fully saturated rings. The Morgan fingerprint density at radius 2 is 1.85 bits per heavy atom. The third-order valence-electron chi connectivity index (χ3n) is 0.895. The quantitative estimate of drug-likeness (QED) is 0.575. The van der Waals surface area contributed by atoms with E-state index in [9.17, 15) is 8.42 Å². The standard InChI is InChI=1S/C5H5N.C3H6O3S/c1-2-4-6-5-3-1;1-2-3-7(4,5)6/h1-5H;2H,1,3H2,(H,4,5,6). The molecule has 0 aromatic carbocycles. The van der Waals surface area contributed by atoms with E-state index in [1.807, 2.05) is 18.2 Å². The van der Waals surface area contributed by atoms with E-state index in [1.165, 1.54) is 0 Å². The molecule has 0 atom stereocenters. The van der Waals surface area contributed by atoms with Gasteiger partial charge in [-0.25, -0.2) is 0 Å². The van der Waals surface area contributed by atoms with Crippen LogP contribution in [0.5, 0.6) is 0 Å². The molecule has 0 saturated heterocycles. The molecule has 5 heteroatoms. The minimum Gasteiger partial charge on any atom is -0.285 e. The second-order valence-electron chi connectivity index (χ2n) is 2.06. The van der Waals surface area contributed by atoms with Crippen LogP contribution in [0.2, 0.25) is 0 Å². The molecule has 0 saturated carbocycles. The maximum absolute atomic E-state index is 9.72. The lowest BCUT2D eigenvalue weighted by molar-refractivity contribution is 0.487. The van der Waals surface area contributed by atoms with Crippen molar-refractivity contribution in [2.24, 2.45) is 0 Å². The summed E-state index contributed by atoms with van der Waals surface area (Å²) in [5.41, 5.74) is 0. The summed E-state index contributed by atoms with van der Waals surface area (Å²) in [7, 11) is -3.79. The zero-order chi connectivity index (χ0) is 10.2. The van der Waals surface area contributed by atoms with E-state index < -0.39 is 10.1 Å². The van der Waals surface area contributed by atoms with Crippen molar-refractivity contribution in [2.45, 2.75) is 0 Å². The normalized spacial score (nSPS) is 9.62. The molecule has 0 aliphatic carbocycles. The van der Waals surface area contributed by atoms with Gasteiger partial charge in [0.25, 0.3) is 10.1 Å². The fourth-order valence-electron chi connectivity index (χ4n) is 0.462. The predicted molar refractivity (Wildman–Crippen MR) is 50.8 cm³/mol. The van der Waals surface area contributed by atoms with E-state index in [-0.39, 0.29) is 5.75 Å². The van der Waals surface area contributed by atoms with Crippen molar-refractivity contribution in [1.82, 2.24) is 4.98 Å². The van der Waals surface area contributed by atoms with Crippen molar-refractivity contribution in [3.05, 3.63) is 43.2 Å². The van der Waals surface area contributed by atoms with Gasteiger partial charge in [0.15, 0.2) is 0 Å². The summed E-state index contributed by atoms with van der Waals surface area (Å²) in [6.07, 6.45) is 4.62. The van der Waals surface area contributed by atoms with Crippen LogP contribution >= 0.6 is 0 Å². The summed E-state index contributed by atoms with van der Waals surface area (Å²) in [6.45, 7) is 3.11. The van der Waals surface area contributed by atoms with Crippen molar-refractivity contribution in [2.75, 3.05) is 5.75 Å². The smallest absolute Gasteiger partial charge is 0.268 e. The Labute approximate surface area is 77.7 Å². The minimum absolute atomic E-state index is 0.368. The summed E-state index contributed by atoms with van der Waals surface area (Å²) in [6, 6.07) is 5.72. The van der Waals surface area contributed by atoms with Crippen LogP contribution in [-0.2, 0) is 10.1 Å². The molecular weight excluding hydrogens is 190 g/mol. The van der Waals surface area contributed by atoms with Crippen molar-refractivity contribution in [3.63, 3.8) is 0 Å². The Bertz CT molecular complexity index is 294. The highest BCUT2D eigenvalue weighted by molar-refractivity contribution is 7.85. The Hall–Kier alpha value is -1.20. The minimum atomic E-state index is -3.79. The van der Waals surface area contributed by atoms with Gasteiger partial charge in [-0.05, 0) is 12.1 Å². The second kappa shape index (κ2) is 6.33. The van der Waals surface area contributed by atoms with Gasteiger partial charge >= 0.3 is 0 Å². The molecule has 0 aliphatic rings. The predicted octanol–water partition coefficient (Wildman–Crippen LogP) is 1.14. The third kappa shape index (κ3) is 10.8. The fourth-order valence-corrected chi connectivity index (χ4v) is 0.759. The van der Waals surface area contributed by atoms with Crippen LogP contribution in [0.15, 0.2) is 43.2 Å². The molecule has 1 rings (SSSR count). The summed E-state index contributed by atoms with van der Waals surface area (Å²) >= 11 is 0. The molecule has 1 N–H and O–H groups in total. The molecule has 72 valence electrons. The van der Waals surface area contributed by atoms with E-state index in [1.54, 1.807) is 12.4 Å². The zero-order valence-electron chi connectivity index (χ0n) is 7.00. The molecule has 1 aromatic heterocycles. The van der Waals surface area contributed by atoms with E-state index in [0.717, 1.165) is 6.08 Å². The molecule has 0 amide bonds. The second-order valence-corrected chi connectivity index (χ2v) is 3.56. The first-order chi connectivity index (χ1) is 6.06. The summed E-state index contributed by atoms with van der Waals surface area (Å²) < 4.78 is 27.3. The van der Waals surface area contributed by atoms with Gasteiger partial charge in [-0.2, -0.15) is 8.42 Å². The zero-order valence-corrected chi connectivity index (χ0v) is 7.81. The van der Waals surface area contributed by atoms with Gasteiger partial charge in [-0.1, -0.05) is 12.1 Å². The summed E-state index contributed by atoms with van der Waals surface area (Å²) in [4.78, 5) is 3.78. The average Bonchev–Trinajstić information content (AvgIpc) is 2.06. The first-order valence-electron chi connectivity index (χ1n) is 3.47. The Balaban J connectivity index is 0.000000223. The van der Waals surface area contributed by atoms with E-state index in [0.29, 0.717) is 0 Å². The molecular formula is C8H11NO3S. The van der Waals surface area contributed by atoms with Crippen molar-refractivity contribution in [3.8, 4) is 0 Å². The maximum atomic E-state index is 9.72. The van der Waals surface area contributed by atoms with Crippen molar-refractivity contribution < 1.29 is 13.0 Å². The van der Waals surface area contributed by atoms with Crippen LogP contribution in [0.1, 0.15) is 0 Å². The van der Waals surface area contributed by atoms with Crippen LogP contribution in [-0.4, -0.2) is 23.7 Å². The van der Waals surface area contributed by atoms with Gasteiger partial charge < -0.3 is 0 Å². The first-order valence-corrected chi connectivity index (χ1v) is 5.08. The fraction of sp³-hybridized carbons (Fsp3) is 0.125. The highest BCUT2D eigenvalue weighted by atomic mass is 32.2. The molecule has 4 nitrogen and oxygen atoms in total. The molecule has 13 heavy (non-hydrogen) atoms. The monoisotopic (exact) mass is 201 g/mol. The van der Waals surface area contributed by atoms with Crippen LogP contribution in [0.25, 0.3) is 0 Å². The maximum Gasteiger partial charge on any atom is 0.268 e. The van der Waals surface area contributed by atoms with Gasteiger partial charge in [0.05, 0.1) is 5.75 Å². The third-order valence-corrected chi connectivity index (χ3v) is 1.55. The summed E-state index contributed by atoms with van der Waals surface area (Å²) in [5.74, 6) is -0.368. The Morgan fingerprint density at radius 1 is 1.31 bits per heavy atom. The lowest BCUT2D eigenvalue weighted by Crippen LogP contribution is -1.99. The lowest BCUT2D eigenvalue weighted by Gasteiger charge is -1.82. The molecule has 0 radical (unpaired) electrons. The molecule has 0 bridgehead atoms. The SMILES string of the molecule is C=CCS(=O)(=O)O.c1ccncc1. The van der Waals surface area contributed by atoms with Gasteiger partial charge in [-0.3, -0.25) is 9.54 Å². The number of pyridine rings is 1. The lowest BCUT2D eigenvalue weighted by atomic mass is 10.5. The molecule has 0 aliphatic heterocycles. The molecule has 0 spiro atoms. The average molecular weight is 201 g/mol. The van der Waals surface area contributed by atoms with Crippen LogP contribution in [0.4, 0.5) is 0 Å². The van der Waals surface area contributed by atoms with E-state index >= 15 is 0 Å². The molecule has 1 aromatic rings. The topological polar surface area (TPSA) is 67.3 Å². The number of nitrogens with zero attached hydrogens (tertiary/aromatic N) is 1. The van der Waals surface area contributed by atoms with Crippen LogP contribution in [0.3, 0.4) is 0 Å². The largest absolute Gasteiger partial charge is 0.285 e. The van der Waals surface area contributed by atoms with E-state index in [2.05, 4.69) is 11.6 Å². The number of hydrogen-bond acceptors (Lipinski definition) is 3. The first kappa shape index (κ1) is 11.8. The number of rotatable bonds is 2. The van der Waals surface area contributed by atoms with E-state index in [4.69, 9.17) is 4.55 Å². The highest BCUT2D eigenvalue weighted by Crippen LogP contribution is 1.78. The number of aromatic nitrogens is 1. The van der Waals surface area contributed by atoms with Gasteiger partial charge in [0.2, 0.25) is 0 Å². The Morgan fingerprint density at radius 3 is 1.92 bits per heavy atom. The Kier molecular flexibility index (Phi) is 5.75. The molecule has 1 heterocycles. The van der Waals surface area contributed by atoms with Gasteiger partial charge in [-0.15, -0.1) is 6.58 Å². The van der Waals surface area contributed by atoms with Crippen molar-refractivity contribution in [1.29, 1.82) is 0 Å². The van der Waals surface area contributed by atoms with Crippen LogP contribution in [0, 0.1) is 0 Å². The molecule has 0 unspecified atom stereocenters. The highest BCUT2D eigenvalue weighted by Gasteiger charge is 1.95. The van der Waals surface area contributed by atoms with Gasteiger partial charge in [0, 0.05) is 12.4 Å². The number of hydrogen-bond donors (Lipinski definition) is 1. The van der Waals surface area contributed by atoms with Gasteiger partial charge in [0.1, 0.15) is 0 Å². The van der Waals surface area contributed by atoms with Crippen LogP contribution < -0.4 is 0 Å². The van der Waals surface area contributed by atoms with Crippen molar-refractivity contribution >= 4 is 10.1 Å². The summed E-state index contributed by atoms with van der Waals surface area (Å²) in [5, 5.41) is 0.